The number of fused-ring (bicyclic) bond motifs is 5. The molecule has 4 nitrogen and oxygen atoms in total. The zero-order chi connectivity index (χ0) is 20.3. The first-order valence-corrected chi connectivity index (χ1v) is 11.3. The van der Waals surface area contributed by atoms with Crippen LogP contribution in [-0.2, 0) is 9.59 Å². The Kier molecular flexibility index (Phi) is 4.71. The Bertz CT molecular complexity index is 706. The summed E-state index contributed by atoms with van der Waals surface area (Å²) >= 11 is 0. The number of hydrogen-bond acceptors (Lipinski definition) is 3. The lowest BCUT2D eigenvalue weighted by atomic mass is 9.49. The van der Waals surface area contributed by atoms with E-state index in [2.05, 4.69) is 45.0 Å². The van der Waals surface area contributed by atoms with Gasteiger partial charge < -0.3 is 10.2 Å². The summed E-state index contributed by atoms with van der Waals surface area (Å²) in [6.07, 6.45) is 10.4. The van der Waals surface area contributed by atoms with Crippen molar-refractivity contribution >= 4 is 11.7 Å². The highest BCUT2D eigenvalue weighted by atomic mass is 16.1. The van der Waals surface area contributed by atoms with E-state index in [9.17, 15) is 9.59 Å². The van der Waals surface area contributed by atoms with Crippen LogP contribution >= 0.6 is 0 Å². The Balaban J connectivity index is 1.60. The Hall–Kier alpha value is -1.32. The van der Waals surface area contributed by atoms with Crippen LogP contribution < -0.4 is 5.32 Å². The van der Waals surface area contributed by atoms with E-state index in [1.165, 1.54) is 37.8 Å². The molecule has 4 rings (SSSR count). The monoisotopic (exact) mass is 386 g/mol. The van der Waals surface area contributed by atoms with Gasteiger partial charge in [-0.15, -0.1) is 0 Å². The van der Waals surface area contributed by atoms with Crippen LogP contribution in [0.25, 0.3) is 0 Å². The van der Waals surface area contributed by atoms with Crippen LogP contribution in [0.3, 0.4) is 0 Å². The highest BCUT2D eigenvalue weighted by Gasteiger charge is 2.59. The highest BCUT2D eigenvalue weighted by molar-refractivity contribution is 5.91. The van der Waals surface area contributed by atoms with E-state index in [-0.39, 0.29) is 22.3 Å². The Morgan fingerprint density at radius 1 is 1.21 bits per heavy atom. The summed E-state index contributed by atoms with van der Waals surface area (Å²) in [6.45, 7) is 9.67. The van der Waals surface area contributed by atoms with Gasteiger partial charge >= 0.3 is 0 Å². The second-order valence-electron chi connectivity index (χ2n) is 11.4. The summed E-state index contributed by atoms with van der Waals surface area (Å²) in [5.41, 5.74) is 1.44. The molecule has 156 valence electrons. The van der Waals surface area contributed by atoms with E-state index in [1.807, 2.05) is 6.08 Å². The molecule has 0 aromatic carbocycles. The van der Waals surface area contributed by atoms with Crippen molar-refractivity contribution in [3.63, 3.8) is 0 Å². The minimum atomic E-state index is -0.161. The summed E-state index contributed by atoms with van der Waals surface area (Å²) in [7, 11) is 2.18. The molecule has 1 aliphatic heterocycles. The number of hydrogen-bond donors (Lipinski definition) is 1. The zero-order valence-corrected chi connectivity index (χ0v) is 18.4. The van der Waals surface area contributed by atoms with Gasteiger partial charge in [-0.2, -0.15) is 0 Å². The average Bonchev–Trinajstić information content (AvgIpc) is 2.98. The van der Waals surface area contributed by atoms with Crippen LogP contribution in [0.15, 0.2) is 11.8 Å². The summed E-state index contributed by atoms with van der Waals surface area (Å²) in [6, 6.07) is 0. The molecule has 5 atom stereocenters. The third-order valence-corrected chi connectivity index (χ3v) is 8.48. The molecule has 3 fully saturated rings. The fraction of sp³-hybridized carbons (Fsp3) is 0.833. The molecular weight excluding hydrogens is 348 g/mol. The van der Waals surface area contributed by atoms with Gasteiger partial charge in [0.1, 0.15) is 0 Å². The number of allylic oxidation sites excluding steroid dienone is 2. The standard InChI is InChI=1S/C24H38N2O2/c1-22(2,3)25-21(28)14-24-10-6-7-19(24)17-15-26(5)20-13-16(27)8-11-23(20,4)18(17)9-12-24/h13,17-19H,6-12,14-15H2,1-5H3,(H,25,28)/t17-,18+,19+,23-,24+/m1/s1. The summed E-state index contributed by atoms with van der Waals surface area (Å²) in [4.78, 5) is 27.3. The Morgan fingerprint density at radius 3 is 2.68 bits per heavy atom. The first kappa shape index (κ1) is 20.0. The number of rotatable bonds is 2. The smallest absolute Gasteiger partial charge is 0.220 e. The molecule has 0 aromatic rings. The largest absolute Gasteiger partial charge is 0.377 e. The molecule has 0 spiro atoms. The van der Waals surface area contributed by atoms with Gasteiger partial charge in [-0.05, 0) is 76.0 Å². The third kappa shape index (κ3) is 3.21. The number of nitrogens with one attached hydrogen (secondary N) is 1. The van der Waals surface area contributed by atoms with E-state index in [0.29, 0.717) is 36.4 Å². The Morgan fingerprint density at radius 2 is 1.96 bits per heavy atom. The maximum absolute atomic E-state index is 12.8. The third-order valence-electron chi connectivity index (χ3n) is 8.48. The molecule has 0 aromatic heterocycles. The van der Waals surface area contributed by atoms with Crippen LogP contribution in [0.5, 0.6) is 0 Å². The minimum Gasteiger partial charge on any atom is -0.377 e. The fourth-order valence-electron chi connectivity index (χ4n) is 7.45. The van der Waals surface area contributed by atoms with Gasteiger partial charge in [-0.1, -0.05) is 13.3 Å². The molecule has 2 saturated carbocycles. The number of likely N-dealkylation sites (tertiary alicyclic amines) is 1. The predicted molar refractivity (Wildman–Crippen MR) is 112 cm³/mol. The average molecular weight is 387 g/mol. The van der Waals surface area contributed by atoms with Crippen molar-refractivity contribution in [2.24, 2.45) is 28.6 Å². The molecule has 1 amide bonds. The molecule has 3 aliphatic carbocycles. The topological polar surface area (TPSA) is 49.4 Å². The number of carbonyl (C=O) groups excluding carboxylic acids is 2. The van der Waals surface area contributed by atoms with E-state index in [0.717, 1.165) is 13.0 Å². The van der Waals surface area contributed by atoms with Crippen molar-refractivity contribution in [3.8, 4) is 0 Å². The number of amides is 1. The van der Waals surface area contributed by atoms with Crippen molar-refractivity contribution in [1.29, 1.82) is 0 Å². The second-order valence-corrected chi connectivity index (χ2v) is 11.4. The lowest BCUT2D eigenvalue weighted by Crippen LogP contribution is -2.57. The maximum Gasteiger partial charge on any atom is 0.220 e. The lowest BCUT2D eigenvalue weighted by molar-refractivity contribution is -0.131. The predicted octanol–water partition coefficient (Wildman–Crippen LogP) is 4.30. The molecule has 28 heavy (non-hydrogen) atoms. The van der Waals surface area contributed by atoms with Gasteiger partial charge in [-0.25, -0.2) is 0 Å². The summed E-state index contributed by atoms with van der Waals surface area (Å²) < 4.78 is 0. The van der Waals surface area contributed by atoms with Gasteiger partial charge in [-0.3, -0.25) is 9.59 Å². The number of ketones is 1. The molecule has 1 N–H and O–H groups in total. The van der Waals surface area contributed by atoms with Crippen molar-refractivity contribution in [2.75, 3.05) is 13.6 Å². The van der Waals surface area contributed by atoms with Gasteiger partial charge in [0.15, 0.2) is 5.78 Å². The summed E-state index contributed by atoms with van der Waals surface area (Å²) in [5, 5.41) is 3.22. The van der Waals surface area contributed by atoms with Gasteiger partial charge in [0.2, 0.25) is 5.91 Å². The Labute approximate surface area is 170 Å². The van der Waals surface area contributed by atoms with Gasteiger partial charge in [0.25, 0.3) is 0 Å². The first-order valence-electron chi connectivity index (χ1n) is 11.3. The minimum absolute atomic E-state index is 0.133. The molecule has 4 heteroatoms. The number of nitrogens with zero attached hydrogens (tertiary/aromatic N) is 1. The molecule has 0 bridgehead atoms. The molecular formula is C24H38N2O2. The van der Waals surface area contributed by atoms with Crippen molar-refractivity contribution in [3.05, 3.63) is 11.8 Å². The molecule has 0 unspecified atom stereocenters. The molecule has 4 aliphatic rings. The lowest BCUT2D eigenvalue weighted by Gasteiger charge is -2.60. The van der Waals surface area contributed by atoms with Crippen molar-refractivity contribution < 1.29 is 9.59 Å². The van der Waals surface area contributed by atoms with Crippen LogP contribution in [-0.4, -0.2) is 35.7 Å². The van der Waals surface area contributed by atoms with Crippen LogP contribution in [0, 0.1) is 28.6 Å². The molecule has 0 radical (unpaired) electrons. The van der Waals surface area contributed by atoms with Gasteiger partial charge in [0.05, 0.1) is 0 Å². The van der Waals surface area contributed by atoms with Gasteiger partial charge in [0, 0.05) is 49.2 Å². The quantitative estimate of drug-likeness (QED) is 0.770. The maximum atomic E-state index is 12.8. The zero-order valence-electron chi connectivity index (χ0n) is 18.4. The van der Waals surface area contributed by atoms with E-state index in [1.54, 1.807) is 0 Å². The fourth-order valence-corrected chi connectivity index (χ4v) is 7.45. The van der Waals surface area contributed by atoms with Crippen LogP contribution in [0.4, 0.5) is 0 Å². The van der Waals surface area contributed by atoms with Crippen LogP contribution in [0.2, 0.25) is 0 Å². The second kappa shape index (κ2) is 6.60. The van der Waals surface area contributed by atoms with E-state index in [4.69, 9.17) is 0 Å². The first-order chi connectivity index (χ1) is 13.0. The highest BCUT2D eigenvalue weighted by Crippen LogP contribution is 2.64. The van der Waals surface area contributed by atoms with Crippen molar-refractivity contribution in [1.82, 2.24) is 10.2 Å². The van der Waals surface area contributed by atoms with E-state index < -0.39 is 0 Å². The van der Waals surface area contributed by atoms with Crippen LogP contribution in [0.1, 0.15) is 79.1 Å². The number of carbonyl (C=O) groups is 2. The number of piperidine rings is 1. The SMILES string of the molecule is CN1C[C@H]2[C@@H]3CCC[C@@]3(CC(=O)NC(C)(C)C)CC[C@@H]2[C@@]2(C)CCC(=O)C=C12. The molecule has 1 heterocycles. The van der Waals surface area contributed by atoms with E-state index >= 15 is 0 Å². The summed E-state index contributed by atoms with van der Waals surface area (Å²) in [5.74, 6) is 2.49. The van der Waals surface area contributed by atoms with Crippen molar-refractivity contribution in [2.45, 2.75) is 84.6 Å². The normalized spacial score (nSPS) is 40.3. The molecule has 1 saturated heterocycles.